The topological polar surface area (TPSA) is 38.3 Å². The summed E-state index contributed by atoms with van der Waals surface area (Å²) >= 11 is 0. The van der Waals surface area contributed by atoms with E-state index in [2.05, 4.69) is 51.3 Å². The zero-order valence-electron chi connectivity index (χ0n) is 15.6. The average Bonchev–Trinajstić information content (AvgIpc) is 2.68. The summed E-state index contributed by atoms with van der Waals surface area (Å²) in [5.41, 5.74) is 3.86. The van der Waals surface area contributed by atoms with E-state index in [-0.39, 0.29) is 23.5 Å². The molecule has 1 aliphatic rings. The highest BCUT2D eigenvalue weighted by Crippen LogP contribution is 2.40. The first-order chi connectivity index (χ1) is 11.8. The minimum Gasteiger partial charge on any atom is -0.411 e. The lowest BCUT2D eigenvalue weighted by Gasteiger charge is -2.39. The van der Waals surface area contributed by atoms with E-state index in [1.807, 2.05) is 36.4 Å². The van der Waals surface area contributed by atoms with Crippen LogP contribution in [0, 0.1) is 5.41 Å². The quantitative estimate of drug-likeness (QED) is 0.804. The number of rotatable bonds is 3. The number of carbonyl (C=O) groups is 1. The van der Waals surface area contributed by atoms with Crippen LogP contribution >= 0.6 is 0 Å². The molecule has 1 N–H and O–H groups in total. The summed E-state index contributed by atoms with van der Waals surface area (Å²) in [7, 11) is -0.913. The molecule has 0 bridgehead atoms. The predicted molar refractivity (Wildman–Crippen MR) is 104 cm³/mol. The summed E-state index contributed by atoms with van der Waals surface area (Å²) in [4.78, 5) is 12.9. The molecule has 1 radical (unpaired) electrons. The smallest absolute Gasteiger partial charge is 0.252 e. The van der Waals surface area contributed by atoms with Crippen LogP contribution in [0.5, 0.6) is 0 Å². The van der Waals surface area contributed by atoms with Crippen molar-refractivity contribution in [3.63, 3.8) is 0 Å². The van der Waals surface area contributed by atoms with Crippen molar-refractivity contribution >= 4 is 14.9 Å². The predicted octanol–water partition coefficient (Wildman–Crippen LogP) is 4.82. The van der Waals surface area contributed by atoms with E-state index in [0.717, 1.165) is 22.3 Å². The number of carbonyl (C=O) groups excluding carboxylic acids is 1. The highest BCUT2D eigenvalue weighted by atomic mass is 28.3. The molecule has 4 heteroatoms. The minimum absolute atomic E-state index is 0.0318. The Morgan fingerprint density at radius 1 is 0.960 bits per heavy atom. The second kappa shape index (κ2) is 6.77. The monoisotopic (exact) mass is 352 g/mol. The molecular formula is C21H26NO2Si. The van der Waals surface area contributed by atoms with Gasteiger partial charge in [-0.1, -0.05) is 63.2 Å². The summed E-state index contributed by atoms with van der Waals surface area (Å²) in [6.07, 6.45) is -0.0872. The van der Waals surface area contributed by atoms with E-state index < -0.39 is 9.04 Å². The Kier molecular flexibility index (Phi) is 4.85. The third kappa shape index (κ3) is 3.55. The average molecular weight is 353 g/mol. The Morgan fingerprint density at radius 2 is 1.52 bits per heavy atom. The maximum absolute atomic E-state index is 12.9. The largest absolute Gasteiger partial charge is 0.411 e. The van der Waals surface area contributed by atoms with E-state index in [1.165, 1.54) is 0 Å². The minimum atomic E-state index is -0.913. The molecule has 2 aromatic rings. The molecule has 0 aliphatic carbocycles. The van der Waals surface area contributed by atoms with Gasteiger partial charge in [-0.2, -0.15) is 0 Å². The Balaban J connectivity index is 2.18. The second-order valence-corrected chi connectivity index (χ2v) is 9.95. The van der Waals surface area contributed by atoms with Crippen LogP contribution in [-0.4, -0.2) is 21.1 Å². The molecule has 131 valence electrons. The van der Waals surface area contributed by atoms with Crippen molar-refractivity contribution in [3.8, 4) is 11.1 Å². The lowest BCUT2D eigenvalue weighted by atomic mass is 9.81. The van der Waals surface area contributed by atoms with Gasteiger partial charge in [-0.05, 0) is 41.3 Å². The van der Waals surface area contributed by atoms with Crippen molar-refractivity contribution in [1.29, 1.82) is 0 Å². The molecule has 1 heterocycles. The molecule has 0 saturated carbocycles. The lowest BCUT2D eigenvalue weighted by Crippen LogP contribution is -2.45. The Bertz CT molecular complexity index is 779. The highest BCUT2D eigenvalue weighted by Gasteiger charge is 2.38. The number of hydrogen-bond donors (Lipinski definition) is 1. The van der Waals surface area contributed by atoms with Gasteiger partial charge in [-0.3, -0.25) is 4.79 Å². The lowest BCUT2D eigenvalue weighted by molar-refractivity contribution is 0.0464. The zero-order chi connectivity index (χ0) is 18.2. The molecule has 3 nitrogen and oxygen atoms in total. The van der Waals surface area contributed by atoms with Crippen molar-refractivity contribution in [1.82, 2.24) is 5.32 Å². The van der Waals surface area contributed by atoms with Gasteiger partial charge in [-0.15, -0.1) is 0 Å². The standard InChI is InChI=1S/C21H26NO2Si/c1-21(2,3)19(24-25(4)5)18-16-12-8-6-10-14(16)15-11-7-9-13-17(15)20(23)22-18/h6-13,18-19H,1-5H3,(H,22,23)/t18-,19?/m1/s1. The first-order valence-electron chi connectivity index (χ1n) is 8.75. The van der Waals surface area contributed by atoms with Crippen molar-refractivity contribution in [2.75, 3.05) is 0 Å². The summed E-state index contributed by atoms with van der Waals surface area (Å²) in [5.74, 6) is -0.0318. The van der Waals surface area contributed by atoms with Crippen molar-refractivity contribution < 1.29 is 9.22 Å². The maximum Gasteiger partial charge on any atom is 0.252 e. The number of amides is 1. The van der Waals surface area contributed by atoms with Gasteiger partial charge < -0.3 is 9.74 Å². The fourth-order valence-electron chi connectivity index (χ4n) is 3.46. The molecule has 0 saturated heterocycles. The van der Waals surface area contributed by atoms with Crippen LogP contribution in [0.1, 0.15) is 42.7 Å². The molecule has 0 fully saturated rings. The van der Waals surface area contributed by atoms with Crippen LogP contribution in [0.15, 0.2) is 48.5 Å². The van der Waals surface area contributed by atoms with Gasteiger partial charge in [0, 0.05) is 5.56 Å². The molecule has 0 spiro atoms. The molecule has 1 unspecified atom stereocenters. The van der Waals surface area contributed by atoms with Crippen LogP contribution in [0.4, 0.5) is 0 Å². The van der Waals surface area contributed by atoms with Gasteiger partial charge in [0.2, 0.25) is 9.04 Å². The SMILES string of the molecule is C[Si](C)OC([C@@H]1NC(=O)c2ccccc2-c2ccccc21)C(C)(C)C. The summed E-state index contributed by atoms with van der Waals surface area (Å²) in [6.45, 7) is 10.8. The Morgan fingerprint density at radius 3 is 2.12 bits per heavy atom. The fourth-order valence-corrected chi connectivity index (χ4v) is 4.46. The van der Waals surface area contributed by atoms with Crippen molar-refractivity contribution in [2.24, 2.45) is 5.41 Å². The molecule has 3 rings (SSSR count). The zero-order valence-corrected chi connectivity index (χ0v) is 16.6. The Labute approximate surface area is 152 Å². The molecular weight excluding hydrogens is 326 g/mol. The van der Waals surface area contributed by atoms with Crippen LogP contribution in [-0.2, 0) is 4.43 Å². The Hall–Kier alpha value is -1.91. The number of nitrogens with one attached hydrogen (secondary N) is 1. The van der Waals surface area contributed by atoms with E-state index in [9.17, 15) is 4.79 Å². The third-order valence-electron chi connectivity index (χ3n) is 4.56. The van der Waals surface area contributed by atoms with E-state index in [0.29, 0.717) is 0 Å². The number of hydrogen-bond acceptors (Lipinski definition) is 2. The fraction of sp³-hybridized carbons (Fsp3) is 0.381. The van der Waals surface area contributed by atoms with E-state index in [4.69, 9.17) is 4.43 Å². The van der Waals surface area contributed by atoms with Gasteiger partial charge in [0.15, 0.2) is 0 Å². The first kappa shape index (κ1) is 17.9. The van der Waals surface area contributed by atoms with Gasteiger partial charge in [0.05, 0.1) is 12.1 Å². The van der Waals surface area contributed by atoms with Gasteiger partial charge >= 0.3 is 0 Å². The van der Waals surface area contributed by atoms with Crippen LogP contribution in [0.25, 0.3) is 11.1 Å². The van der Waals surface area contributed by atoms with E-state index >= 15 is 0 Å². The molecule has 1 aliphatic heterocycles. The van der Waals surface area contributed by atoms with Gasteiger partial charge in [0.1, 0.15) is 0 Å². The first-order valence-corrected chi connectivity index (χ1v) is 11.2. The summed E-state index contributed by atoms with van der Waals surface area (Å²) in [6, 6.07) is 15.9. The van der Waals surface area contributed by atoms with Crippen LogP contribution in [0.3, 0.4) is 0 Å². The molecule has 1 amide bonds. The summed E-state index contributed by atoms with van der Waals surface area (Å²) in [5, 5.41) is 3.26. The molecule has 2 aromatic carbocycles. The normalized spacial score (nSPS) is 18.2. The van der Waals surface area contributed by atoms with E-state index in [1.54, 1.807) is 0 Å². The third-order valence-corrected chi connectivity index (χ3v) is 5.29. The van der Waals surface area contributed by atoms with Crippen LogP contribution < -0.4 is 5.32 Å². The van der Waals surface area contributed by atoms with Gasteiger partial charge in [-0.25, -0.2) is 0 Å². The number of fused-ring (bicyclic) bond motifs is 3. The number of benzene rings is 2. The summed E-state index contributed by atoms with van der Waals surface area (Å²) < 4.78 is 6.40. The molecule has 25 heavy (non-hydrogen) atoms. The molecule has 0 aromatic heterocycles. The van der Waals surface area contributed by atoms with Crippen LogP contribution in [0.2, 0.25) is 13.1 Å². The molecule has 2 atom stereocenters. The second-order valence-electron chi connectivity index (χ2n) is 7.90. The maximum atomic E-state index is 12.9. The van der Waals surface area contributed by atoms with Crippen molar-refractivity contribution in [3.05, 3.63) is 59.7 Å². The van der Waals surface area contributed by atoms with Gasteiger partial charge in [0.25, 0.3) is 5.91 Å². The van der Waals surface area contributed by atoms with Crippen molar-refractivity contribution in [2.45, 2.75) is 46.0 Å². The highest BCUT2D eigenvalue weighted by molar-refractivity contribution is 6.48.